The van der Waals surface area contributed by atoms with Crippen molar-refractivity contribution in [1.82, 2.24) is 0 Å². The Morgan fingerprint density at radius 3 is 2.11 bits per heavy atom. The van der Waals surface area contributed by atoms with Crippen LogP contribution in [0.15, 0.2) is 18.2 Å². The number of aryl methyl sites for hydroxylation is 2. The molecule has 0 bridgehead atoms. The summed E-state index contributed by atoms with van der Waals surface area (Å²) in [5, 5.41) is 14.0. The zero-order valence-electron chi connectivity index (χ0n) is 11.6. The Balaban J connectivity index is 1.97. The summed E-state index contributed by atoms with van der Waals surface area (Å²) in [7, 11) is 0. The van der Waals surface area contributed by atoms with Gasteiger partial charge in [0.05, 0.1) is 5.60 Å². The second-order valence-corrected chi connectivity index (χ2v) is 5.87. The highest BCUT2D eigenvalue weighted by atomic mass is 16.3. The molecule has 0 aliphatic heterocycles. The summed E-state index contributed by atoms with van der Waals surface area (Å²) in [5.41, 5.74) is 3.16. The number of hydrogen-bond donors (Lipinski definition) is 2. The third-order valence-corrected chi connectivity index (χ3v) is 3.88. The Labute approximate surface area is 110 Å². The molecule has 1 aliphatic rings. The SMILES string of the molecule is Cc1cc(C)cc(NCC2(O)CCCCCC2)c1. The Morgan fingerprint density at radius 2 is 1.56 bits per heavy atom. The fourth-order valence-electron chi connectivity index (χ4n) is 2.91. The molecule has 0 spiro atoms. The van der Waals surface area contributed by atoms with Gasteiger partial charge in [-0.05, 0) is 49.9 Å². The van der Waals surface area contributed by atoms with E-state index in [1.165, 1.54) is 24.0 Å². The topological polar surface area (TPSA) is 32.3 Å². The average molecular weight is 247 g/mol. The Morgan fingerprint density at radius 1 is 1.00 bits per heavy atom. The Kier molecular flexibility index (Phi) is 4.28. The maximum absolute atomic E-state index is 10.6. The van der Waals surface area contributed by atoms with Crippen molar-refractivity contribution < 1.29 is 5.11 Å². The van der Waals surface area contributed by atoms with Crippen molar-refractivity contribution in [1.29, 1.82) is 0 Å². The summed E-state index contributed by atoms with van der Waals surface area (Å²) in [5.74, 6) is 0. The lowest BCUT2D eigenvalue weighted by atomic mass is 9.94. The lowest BCUT2D eigenvalue weighted by Crippen LogP contribution is -2.36. The molecule has 2 nitrogen and oxygen atoms in total. The number of benzene rings is 1. The number of rotatable bonds is 3. The van der Waals surface area contributed by atoms with Crippen LogP contribution in [0.1, 0.15) is 49.7 Å². The van der Waals surface area contributed by atoms with Crippen LogP contribution in [0.2, 0.25) is 0 Å². The van der Waals surface area contributed by atoms with Gasteiger partial charge in [-0.2, -0.15) is 0 Å². The molecular weight excluding hydrogens is 222 g/mol. The van der Waals surface area contributed by atoms with Gasteiger partial charge in [0.15, 0.2) is 0 Å². The van der Waals surface area contributed by atoms with Gasteiger partial charge >= 0.3 is 0 Å². The van der Waals surface area contributed by atoms with E-state index in [0.29, 0.717) is 6.54 Å². The standard InChI is InChI=1S/C16H25NO/c1-13-9-14(2)11-15(10-13)17-12-16(18)7-5-3-4-6-8-16/h9-11,17-18H,3-8,12H2,1-2H3. The van der Waals surface area contributed by atoms with Gasteiger partial charge in [0.2, 0.25) is 0 Å². The van der Waals surface area contributed by atoms with Crippen molar-refractivity contribution in [3.05, 3.63) is 29.3 Å². The molecule has 1 aliphatic carbocycles. The third-order valence-electron chi connectivity index (χ3n) is 3.88. The number of nitrogens with one attached hydrogen (secondary N) is 1. The quantitative estimate of drug-likeness (QED) is 0.796. The summed E-state index contributed by atoms with van der Waals surface area (Å²) in [6.07, 6.45) is 6.73. The van der Waals surface area contributed by atoms with E-state index < -0.39 is 5.60 Å². The molecule has 0 radical (unpaired) electrons. The van der Waals surface area contributed by atoms with Gasteiger partial charge in [-0.15, -0.1) is 0 Å². The van der Waals surface area contributed by atoms with Crippen LogP contribution in [-0.4, -0.2) is 17.3 Å². The number of hydrogen-bond acceptors (Lipinski definition) is 2. The molecule has 2 N–H and O–H groups in total. The minimum absolute atomic E-state index is 0.506. The monoisotopic (exact) mass is 247 g/mol. The van der Waals surface area contributed by atoms with E-state index in [4.69, 9.17) is 0 Å². The van der Waals surface area contributed by atoms with E-state index in [1.54, 1.807) is 0 Å². The zero-order chi connectivity index (χ0) is 13.0. The van der Waals surface area contributed by atoms with Gasteiger partial charge in [0.25, 0.3) is 0 Å². The van der Waals surface area contributed by atoms with Gasteiger partial charge in [-0.3, -0.25) is 0 Å². The van der Waals surface area contributed by atoms with Crippen LogP contribution in [0, 0.1) is 13.8 Å². The second kappa shape index (κ2) is 5.75. The average Bonchev–Trinajstić information content (AvgIpc) is 2.51. The maximum atomic E-state index is 10.6. The predicted molar refractivity (Wildman–Crippen MR) is 77.1 cm³/mol. The highest BCUT2D eigenvalue weighted by molar-refractivity contribution is 5.48. The third kappa shape index (κ3) is 3.74. The van der Waals surface area contributed by atoms with Gasteiger partial charge < -0.3 is 10.4 Å². The molecule has 0 aromatic heterocycles. The number of anilines is 1. The largest absolute Gasteiger partial charge is 0.388 e. The lowest BCUT2D eigenvalue weighted by molar-refractivity contribution is 0.0381. The smallest absolute Gasteiger partial charge is 0.0819 e. The van der Waals surface area contributed by atoms with Crippen LogP contribution < -0.4 is 5.32 Å². The van der Waals surface area contributed by atoms with Crippen LogP contribution in [0.4, 0.5) is 5.69 Å². The minimum atomic E-state index is -0.506. The van der Waals surface area contributed by atoms with E-state index in [1.807, 2.05) is 0 Å². The first kappa shape index (κ1) is 13.4. The molecular formula is C16H25NO. The van der Waals surface area contributed by atoms with Crippen molar-refractivity contribution in [2.24, 2.45) is 0 Å². The molecule has 2 rings (SSSR count). The molecule has 0 saturated heterocycles. The van der Waals surface area contributed by atoms with Crippen molar-refractivity contribution >= 4 is 5.69 Å². The summed E-state index contributed by atoms with van der Waals surface area (Å²) in [4.78, 5) is 0. The Hall–Kier alpha value is -1.02. The van der Waals surface area contributed by atoms with Gasteiger partial charge in [-0.1, -0.05) is 31.7 Å². The zero-order valence-corrected chi connectivity index (χ0v) is 11.6. The van der Waals surface area contributed by atoms with E-state index in [-0.39, 0.29) is 0 Å². The Bertz CT molecular complexity index is 372. The van der Waals surface area contributed by atoms with Crippen molar-refractivity contribution in [2.75, 3.05) is 11.9 Å². The van der Waals surface area contributed by atoms with Crippen molar-refractivity contribution in [3.8, 4) is 0 Å². The van der Waals surface area contributed by atoms with E-state index in [9.17, 15) is 5.11 Å². The van der Waals surface area contributed by atoms with Crippen LogP contribution in [0.5, 0.6) is 0 Å². The van der Waals surface area contributed by atoms with Crippen molar-refractivity contribution in [3.63, 3.8) is 0 Å². The fraction of sp³-hybridized carbons (Fsp3) is 0.625. The summed E-state index contributed by atoms with van der Waals surface area (Å²) >= 11 is 0. The summed E-state index contributed by atoms with van der Waals surface area (Å²) < 4.78 is 0. The second-order valence-electron chi connectivity index (χ2n) is 5.87. The number of aliphatic hydroxyl groups is 1. The van der Waals surface area contributed by atoms with E-state index in [2.05, 4.69) is 37.4 Å². The lowest BCUT2D eigenvalue weighted by Gasteiger charge is -2.27. The van der Waals surface area contributed by atoms with Gasteiger partial charge in [0.1, 0.15) is 0 Å². The molecule has 1 aromatic rings. The molecule has 1 aromatic carbocycles. The molecule has 1 fully saturated rings. The highest BCUT2D eigenvalue weighted by Gasteiger charge is 2.27. The first-order chi connectivity index (χ1) is 8.57. The summed E-state index contributed by atoms with van der Waals surface area (Å²) in [6.45, 7) is 4.90. The molecule has 0 atom stereocenters. The summed E-state index contributed by atoms with van der Waals surface area (Å²) in [6, 6.07) is 6.46. The minimum Gasteiger partial charge on any atom is -0.388 e. The van der Waals surface area contributed by atoms with Crippen LogP contribution in [-0.2, 0) is 0 Å². The molecule has 18 heavy (non-hydrogen) atoms. The molecule has 0 heterocycles. The van der Waals surface area contributed by atoms with Crippen LogP contribution in [0.25, 0.3) is 0 Å². The van der Waals surface area contributed by atoms with Crippen LogP contribution >= 0.6 is 0 Å². The van der Waals surface area contributed by atoms with E-state index in [0.717, 1.165) is 31.4 Å². The van der Waals surface area contributed by atoms with Crippen molar-refractivity contribution in [2.45, 2.75) is 58.0 Å². The van der Waals surface area contributed by atoms with E-state index >= 15 is 0 Å². The predicted octanol–water partition coefficient (Wildman–Crippen LogP) is 3.80. The first-order valence-corrected chi connectivity index (χ1v) is 7.12. The molecule has 2 heteroatoms. The fourth-order valence-corrected chi connectivity index (χ4v) is 2.91. The molecule has 100 valence electrons. The van der Waals surface area contributed by atoms with Crippen LogP contribution in [0.3, 0.4) is 0 Å². The van der Waals surface area contributed by atoms with Gasteiger partial charge in [-0.25, -0.2) is 0 Å². The molecule has 1 saturated carbocycles. The maximum Gasteiger partial charge on any atom is 0.0819 e. The van der Waals surface area contributed by atoms with Gasteiger partial charge in [0, 0.05) is 12.2 Å². The molecule has 0 unspecified atom stereocenters. The normalized spacial score (nSPS) is 19.3. The highest BCUT2D eigenvalue weighted by Crippen LogP contribution is 2.27. The molecule has 0 amide bonds. The first-order valence-electron chi connectivity index (χ1n) is 7.12.